The summed E-state index contributed by atoms with van der Waals surface area (Å²) < 4.78 is 12.3. The van der Waals surface area contributed by atoms with Gasteiger partial charge in [-0.1, -0.05) is 37.2 Å². The third-order valence-corrected chi connectivity index (χ3v) is 5.72. The van der Waals surface area contributed by atoms with Crippen molar-refractivity contribution in [3.8, 4) is 17.6 Å². The maximum atomic E-state index is 6.40. The molecule has 1 aromatic carbocycles. The molecule has 0 radical (unpaired) electrons. The van der Waals surface area contributed by atoms with Crippen LogP contribution in [0, 0.1) is 11.8 Å². The first kappa shape index (κ1) is 19.4. The fraction of sp³-hybridized carbons (Fsp3) is 0.316. The lowest BCUT2D eigenvalue weighted by molar-refractivity contribution is 0.133. The maximum absolute atomic E-state index is 6.40. The van der Waals surface area contributed by atoms with Crippen LogP contribution in [0.4, 0.5) is 0 Å². The van der Waals surface area contributed by atoms with Crippen molar-refractivity contribution in [2.45, 2.75) is 26.4 Å². The zero-order valence-corrected chi connectivity index (χ0v) is 17.8. The summed E-state index contributed by atoms with van der Waals surface area (Å²) in [4.78, 5) is 13.7. The van der Waals surface area contributed by atoms with E-state index in [2.05, 4.69) is 41.4 Å². The van der Waals surface area contributed by atoms with E-state index in [0.29, 0.717) is 22.1 Å². The molecule has 2 aromatic heterocycles. The zero-order chi connectivity index (χ0) is 19.6. The van der Waals surface area contributed by atoms with Gasteiger partial charge in [0.1, 0.15) is 31.5 Å². The summed E-state index contributed by atoms with van der Waals surface area (Å²) in [6, 6.07) is 7.52. The lowest BCUT2D eigenvalue weighted by atomic mass is 10.2. The molecule has 0 amide bonds. The standard InChI is InChI=1S/C19H21ClN4O2Si/c1-25-12-24-15(11-8-13-6-9-14(26-2)10-7-13)21-16-17(20)22-19(23-18(16)24)27(3,4)5/h6-7,9-10H,12H2,1-5H3. The maximum Gasteiger partial charge on any atom is 0.190 e. The molecule has 0 unspecified atom stereocenters. The van der Waals surface area contributed by atoms with Crippen molar-refractivity contribution in [1.29, 1.82) is 0 Å². The molecule has 6 nitrogen and oxygen atoms in total. The van der Waals surface area contributed by atoms with Gasteiger partial charge in [-0.25, -0.2) is 15.0 Å². The van der Waals surface area contributed by atoms with Gasteiger partial charge in [-0.2, -0.15) is 0 Å². The second-order valence-electron chi connectivity index (χ2n) is 7.02. The number of hydrogen-bond acceptors (Lipinski definition) is 5. The highest BCUT2D eigenvalue weighted by Crippen LogP contribution is 2.20. The molecular weight excluding hydrogens is 380 g/mol. The molecule has 0 N–H and O–H groups in total. The fourth-order valence-corrected chi connectivity index (χ4v) is 3.62. The van der Waals surface area contributed by atoms with E-state index in [1.54, 1.807) is 14.2 Å². The molecule has 0 aliphatic heterocycles. The molecular formula is C19H21ClN4O2Si. The van der Waals surface area contributed by atoms with Gasteiger partial charge < -0.3 is 9.47 Å². The first-order valence-corrected chi connectivity index (χ1v) is 12.3. The lowest BCUT2D eigenvalue weighted by Gasteiger charge is -2.14. The van der Waals surface area contributed by atoms with E-state index in [4.69, 9.17) is 26.1 Å². The number of nitrogens with zero attached hydrogens (tertiary/aromatic N) is 4. The highest BCUT2D eigenvalue weighted by atomic mass is 35.5. The van der Waals surface area contributed by atoms with Crippen molar-refractivity contribution in [2.75, 3.05) is 14.2 Å². The van der Waals surface area contributed by atoms with E-state index in [1.165, 1.54) is 0 Å². The third kappa shape index (κ3) is 4.13. The quantitative estimate of drug-likeness (QED) is 0.382. The van der Waals surface area contributed by atoms with E-state index in [1.807, 2.05) is 28.8 Å². The van der Waals surface area contributed by atoms with Gasteiger partial charge in [0, 0.05) is 12.7 Å². The second-order valence-corrected chi connectivity index (χ2v) is 12.3. The predicted octanol–water partition coefficient (Wildman–Crippen LogP) is 3.04. The number of hydrogen-bond donors (Lipinski definition) is 0. The van der Waals surface area contributed by atoms with Crippen molar-refractivity contribution in [3.63, 3.8) is 0 Å². The first-order valence-electron chi connectivity index (χ1n) is 8.42. The normalized spacial score (nSPS) is 11.3. The molecule has 0 fully saturated rings. The number of methoxy groups -OCH3 is 2. The number of imidazole rings is 1. The minimum Gasteiger partial charge on any atom is -0.497 e. The fourth-order valence-electron chi connectivity index (χ4n) is 2.45. The van der Waals surface area contributed by atoms with Gasteiger partial charge in [-0.15, -0.1) is 0 Å². The molecule has 140 valence electrons. The van der Waals surface area contributed by atoms with Crippen molar-refractivity contribution < 1.29 is 9.47 Å². The van der Waals surface area contributed by atoms with Crippen molar-refractivity contribution in [3.05, 3.63) is 40.8 Å². The Bertz CT molecular complexity index is 1030. The predicted molar refractivity (Wildman–Crippen MR) is 109 cm³/mol. The molecule has 3 aromatic rings. The van der Waals surface area contributed by atoms with Gasteiger partial charge >= 0.3 is 0 Å². The topological polar surface area (TPSA) is 62.1 Å². The van der Waals surface area contributed by atoms with Crippen LogP contribution in [0.3, 0.4) is 0 Å². The van der Waals surface area contributed by atoms with E-state index >= 15 is 0 Å². The van der Waals surface area contributed by atoms with E-state index in [0.717, 1.165) is 16.8 Å². The Kier molecular flexibility index (Phi) is 5.51. The van der Waals surface area contributed by atoms with Crippen LogP contribution in [-0.2, 0) is 11.5 Å². The van der Waals surface area contributed by atoms with Gasteiger partial charge in [-0.05, 0) is 30.2 Å². The van der Waals surface area contributed by atoms with Crippen LogP contribution in [0.1, 0.15) is 11.4 Å². The summed E-state index contributed by atoms with van der Waals surface area (Å²) in [7, 11) is 1.52. The Labute approximate surface area is 164 Å². The first-order chi connectivity index (χ1) is 12.8. The van der Waals surface area contributed by atoms with Crippen molar-refractivity contribution >= 4 is 36.3 Å². The number of aromatic nitrogens is 4. The molecule has 27 heavy (non-hydrogen) atoms. The minimum atomic E-state index is -1.74. The van der Waals surface area contributed by atoms with Crippen LogP contribution in [0.15, 0.2) is 24.3 Å². The average molecular weight is 401 g/mol. The van der Waals surface area contributed by atoms with Crippen molar-refractivity contribution in [2.24, 2.45) is 0 Å². The third-order valence-electron chi connectivity index (χ3n) is 3.89. The number of benzene rings is 1. The molecule has 0 spiro atoms. The highest BCUT2D eigenvalue weighted by Gasteiger charge is 2.24. The van der Waals surface area contributed by atoms with Gasteiger partial charge in [-0.3, -0.25) is 4.57 Å². The summed E-state index contributed by atoms with van der Waals surface area (Å²) >= 11 is 6.40. The van der Waals surface area contributed by atoms with Gasteiger partial charge in [0.25, 0.3) is 0 Å². The molecule has 3 rings (SSSR count). The Balaban J connectivity index is 2.11. The average Bonchev–Trinajstić information content (AvgIpc) is 2.98. The molecule has 0 saturated carbocycles. The summed E-state index contributed by atoms with van der Waals surface area (Å²) in [6.07, 6.45) is 0. The van der Waals surface area contributed by atoms with Crippen molar-refractivity contribution in [1.82, 2.24) is 19.5 Å². The molecule has 8 heteroatoms. The van der Waals surface area contributed by atoms with E-state index in [9.17, 15) is 0 Å². The Morgan fingerprint density at radius 1 is 1.04 bits per heavy atom. The second kappa shape index (κ2) is 7.68. The van der Waals surface area contributed by atoms with Gasteiger partial charge in [0.05, 0.1) is 7.11 Å². The largest absolute Gasteiger partial charge is 0.497 e. The van der Waals surface area contributed by atoms with E-state index in [-0.39, 0.29) is 6.73 Å². The summed E-state index contributed by atoms with van der Waals surface area (Å²) in [5.74, 6) is 7.52. The van der Waals surface area contributed by atoms with Crippen LogP contribution < -0.4 is 10.2 Å². The molecule has 0 bridgehead atoms. The number of fused-ring (bicyclic) bond motifs is 1. The molecule has 2 heterocycles. The Morgan fingerprint density at radius 2 is 1.74 bits per heavy atom. The smallest absolute Gasteiger partial charge is 0.190 e. The number of ether oxygens (including phenoxy) is 2. The minimum absolute atomic E-state index is 0.279. The number of halogens is 1. The summed E-state index contributed by atoms with van der Waals surface area (Å²) in [5.41, 5.74) is 2.82. The zero-order valence-electron chi connectivity index (χ0n) is 16.0. The summed E-state index contributed by atoms with van der Waals surface area (Å²) in [6.45, 7) is 6.80. The van der Waals surface area contributed by atoms with Crippen LogP contribution >= 0.6 is 11.6 Å². The highest BCUT2D eigenvalue weighted by molar-refractivity contribution is 6.87. The van der Waals surface area contributed by atoms with Crippen LogP contribution in [-0.4, -0.2) is 41.8 Å². The number of rotatable bonds is 4. The van der Waals surface area contributed by atoms with Crippen LogP contribution in [0.25, 0.3) is 11.2 Å². The monoisotopic (exact) mass is 400 g/mol. The molecule has 0 aliphatic carbocycles. The lowest BCUT2D eigenvalue weighted by Crippen LogP contribution is -2.42. The van der Waals surface area contributed by atoms with Gasteiger partial charge in [0.15, 0.2) is 16.6 Å². The molecule has 0 saturated heterocycles. The SMILES string of the molecule is COCn1c(C#Cc2ccc(OC)cc2)nc2c(Cl)nc([Si](C)(C)C)nc21. The summed E-state index contributed by atoms with van der Waals surface area (Å²) in [5, 5.41) is 0.347. The van der Waals surface area contributed by atoms with Gasteiger partial charge in [0.2, 0.25) is 0 Å². The Hall–Kier alpha value is -2.40. The van der Waals surface area contributed by atoms with E-state index < -0.39 is 8.07 Å². The van der Waals surface area contributed by atoms with Crippen LogP contribution in [0.2, 0.25) is 24.8 Å². The molecule has 0 aliphatic rings. The molecule has 0 atom stereocenters. The van der Waals surface area contributed by atoms with Crippen LogP contribution in [0.5, 0.6) is 5.75 Å². The Morgan fingerprint density at radius 3 is 2.33 bits per heavy atom.